The number of nitrogens with one attached hydrogen (secondary N) is 1. The highest BCUT2D eigenvalue weighted by atomic mass is 16.3. The van der Waals surface area contributed by atoms with E-state index in [2.05, 4.69) is 5.32 Å². The monoisotopic (exact) mass is 268 g/mol. The van der Waals surface area contributed by atoms with E-state index < -0.39 is 0 Å². The van der Waals surface area contributed by atoms with Crippen LogP contribution in [0.4, 0.5) is 0 Å². The van der Waals surface area contributed by atoms with Gasteiger partial charge in [0.05, 0.1) is 0 Å². The molecule has 2 aliphatic carbocycles. The fraction of sp³-hybridized carbons (Fsp3) is 1.00. The van der Waals surface area contributed by atoms with Crippen molar-refractivity contribution in [2.75, 3.05) is 13.2 Å². The molecule has 2 saturated carbocycles. The molecule has 2 rings (SSSR count). The average Bonchev–Trinajstić information content (AvgIpc) is 2.66. The van der Waals surface area contributed by atoms with E-state index in [1.807, 2.05) is 0 Å². The number of aliphatic hydroxyl groups is 1. The molecule has 2 aliphatic rings. The molecule has 0 bridgehead atoms. The van der Waals surface area contributed by atoms with Gasteiger partial charge in [-0.3, -0.25) is 0 Å². The molecule has 0 aliphatic heterocycles. The summed E-state index contributed by atoms with van der Waals surface area (Å²) in [4.78, 5) is 0. The topological polar surface area (TPSA) is 58.3 Å². The van der Waals surface area contributed by atoms with Gasteiger partial charge in [-0.05, 0) is 24.7 Å². The number of nitrogens with two attached hydrogens (primary N) is 1. The van der Waals surface area contributed by atoms with E-state index in [0.717, 1.165) is 18.9 Å². The van der Waals surface area contributed by atoms with Gasteiger partial charge in [0.15, 0.2) is 0 Å². The Hall–Kier alpha value is -0.120. The molecule has 3 heteroatoms. The van der Waals surface area contributed by atoms with E-state index in [-0.39, 0.29) is 0 Å². The first-order valence-corrected chi connectivity index (χ1v) is 8.41. The second-order valence-electron chi connectivity index (χ2n) is 6.66. The fourth-order valence-corrected chi connectivity index (χ4v) is 3.88. The fourth-order valence-electron chi connectivity index (χ4n) is 3.88. The number of hydrogen-bond acceptors (Lipinski definition) is 3. The molecule has 0 aromatic heterocycles. The predicted octanol–water partition coefficient (Wildman–Crippen LogP) is 2.42. The van der Waals surface area contributed by atoms with E-state index in [9.17, 15) is 5.11 Å². The Morgan fingerprint density at radius 1 is 0.947 bits per heavy atom. The zero-order valence-electron chi connectivity index (χ0n) is 12.3. The normalized spacial score (nSPS) is 31.9. The van der Waals surface area contributed by atoms with E-state index >= 15 is 0 Å². The van der Waals surface area contributed by atoms with Crippen LogP contribution in [0.25, 0.3) is 0 Å². The summed E-state index contributed by atoms with van der Waals surface area (Å²) in [6.07, 6.45) is 13.0. The maximum absolute atomic E-state index is 9.66. The maximum Gasteiger partial charge on any atom is 0.0474 e. The Balaban J connectivity index is 1.77. The van der Waals surface area contributed by atoms with Gasteiger partial charge in [-0.2, -0.15) is 0 Å². The van der Waals surface area contributed by atoms with Crippen molar-refractivity contribution >= 4 is 0 Å². The summed E-state index contributed by atoms with van der Waals surface area (Å²) in [5.41, 5.74) is 6.26. The Kier molecular flexibility index (Phi) is 6.62. The molecule has 112 valence electrons. The van der Waals surface area contributed by atoms with Crippen molar-refractivity contribution in [3.05, 3.63) is 0 Å². The van der Waals surface area contributed by atoms with Crippen LogP contribution in [0.1, 0.15) is 64.2 Å². The zero-order chi connectivity index (χ0) is 13.5. The largest absolute Gasteiger partial charge is 0.396 e. The quantitative estimate of drug-likeness (QED) is 0.671. The van der Waals surface area contributed by atoms with Gasteiger partial charge in [0, 0.05) is 25.2 Å². The van der Waals surface area contributed by atoms with Gasteiger partial charge < -0.3 is 16.2 Å². The summed E-state index contributed by atoms with van der Waals surface area (Å²) in [6, 6.07) is 0.785. The summed E-state index contributed by atoms with van der Waals surface area (Å²) in [6.45, 7) is 1.29. The molecular formula is C16H32N2O. The minimum Gasteiger partial charge on any atom is -0.396 e. The number of rotatable bonds is 5. The summed E-state index contributed by atoms with van der Waals surface area (Å²) < 4.78 is 0. The lowest BCUT2D eigenvalue weighted by Crippen LogP contribution is -2.47. The first-order valence-electron chi connectivity index (χ1n) is 8.41. The van der Waals surface area contributed by atoms with Gasteiger partial charge in [0.25, 0.3) is 0 Å². The molecule has 0 aromatic rings. The van der Waals surface area contributed by atoms with Crippen molar-refractivity contribution < 1.29 is 5.11 Å². The van der Waals surface area contributed by atoms with E-state index in [4.69, 9.17) is 5.73 Å². The molecule has 19 heavy (non-hydrogen) atoms. The Morgan fingerprint density at radius 2 is 1.58 bits per heavy atom. The smallest absolute Gasteiger partial charge is 0.0474 e. The second kappa shape index (κ2) is 8.23. The van der Waals surface area contributed by atoms with Crippen LogP contribution in [0.2, 0.25) is 0 Å². The summed E-state index contributed by atoms with van der Waals surface area (Å²) in [7, 11) is 0. The van der Waals surface area contributed by atoms with Crippen molar-refractivity contribution in [1.82, 2.24) is 5.32 Å². The maximum atomic E-state index is 9.66. The predicted molar refractivity (Wildman–Crippen MR) is 80.0 cm³/mol. The standard InChI is InChI=1S/C16H32N2O/c17-15-9-5-2-6-10-16(15)18-11-14(12-19)13-7-3-1-4-8-13/h13-16,18-19H,1-12,17H2. The van der Waals surface area contributed by atoms with Crippen molar-refractivity contribution in [2.24, 2.45) is 17.6 Å². The second-order valence-corrected chi connectivity index (χ2v) is 6.66. The lowest BCUT2D eigenvalue weighted by Gasteiger charge is -2.31. The van der Waals surface area contributed by atoms with Crippen molar-refractivity contribution in [1.29, 1.82) is 0 Å². The van der Waals surface area contributed by atoms with Crippen LogP contribution in [-0.2, 0) is 0 Å². The summed E-state index contributed by atoms with van der Waals surface area (Å²) >= 11 is 0. The lowest BCUT2D eigenvalue weighted by molar-refractivity contribution is 0.140. The molecule has 0 aromatic carbocycles. The van der Waals surface area contributed by atoms with Gasteiger partial charge in [0.2, 0.25) is 0 Å². The molecule has 2 fully saturated rings. The highest BCUT2D eigenvalue weighted by Crippen LogP contribution is 2.29. The van der Waals surface area contributed by atoms with E-state index in [1.54, 1.807) is 0 Å². The van der Waals surface area contributed by atoms with Crippen LogP contribution in [0.3, 0.4) is 0 Å². The molecule has 4 N–H and O–H groups in total. The zero-order valence-corrected chi connectivity index (χ0v) is 12.3. The summed E-state index contributed by atoms with van der Waals surface area (Å²) in [5.74, 6) is 1.17. The Morgan fingerprint density at radius 3 is 2.26 bits per heavy atom. The first-order chi connectivity index (χ1) is 9.31. The molecule has 3 nitrogen and oxygen atoms in total. The number of aliphatic hydroxyl groups excluding tert-OH is 1. The molecule has 0 amide bonds. The highest BCUT2D eigenvalue weighted by Gasteiger charge is 2.25. The van der Waals surface area contributed by atoms with Gasteiger partial charge in [-0.25, -0.2) is 0 Å². The van der Waals surface area contributed by atoms with Gasteiger partial charge in [-0.1, -0.05) is 51.4 Å². The van der Waals surface area contributed by atoms with Crippen LogP contribution in [0.5, 0.6) is 0 Å². The average molecular weight is 268 g/mol. The highest BCUT2D eigenvalue weighted by molar-refractivity contribution is 4.84. The third-order valence-electron chi connectivity index (χ3n) is 5.26. The number of hydrogen-bond donors (Lipinski definition) is 3. The SMILES string of the molecule is NC1CCCCCC1NCC(CO)C1CCCCC1. The third-order valence-corrected chi connectivity index (χ3v) is 5.26. The van der Waals surface area contributed by atoms with Crippen LogP contribution in [-0.4, -0.2) is 30.3 Å². The Bertz CT molecular complexity index is 241. The molecule has 0 radical (unpaired) electrons. The molecule has 3 unspecified atom stereocenters. The molecular weight excluding hydrogens is 236 g/mol. The lowest BCUT2D eigenvalue weighted by atomic mass is 9.80. The van der Waals surface area contributed by atoms with Gasteiger partial charge in [-0.15, -0.1) is 0 Å². The first kappa shape index (κ1) is 15.3. The van der Waals surface area contributed by atoms with Crippen LogP contribution in [0.15, 0.2) is 0 Å². The van der Waals surface area contributed by atoms with Crippen molar-refractivity contribution in [2.45, 2.75) is 76.3 Å². The molecule has 0 saturated heterocycles. The van der Waals surface area contributed by atoms with Crippen LogP contribution >= 0.6 is 0 Å². The van der Waals surface area contributed by atoms with E-state index in [0.29, 0.717) is 24.6 Å². The molecule has 3 atom stereocenters. The van der Waals surface area contributed by atoms with Gasteiger partial charge >= 0.3 is 0 Å². The van der Waals surface area contributed by atoms with Crippen LogP contribution in [0, 0.1) is 11.8 Å². The molecule has 0 heterocycles. The Labute approximate surface area is 118 Å². The minimum atomic E-state index is 0.313. The minimum absolute atomic E-state index is 0.313. The summed E-state index contributed by atoms with van der Waals surface area (Å²) in [5, 5.41) is 13.3. The third kappa shape index (κ3) is 4.73. The van der Waals surface area contributed by atoms with Gasteiger partial charge in [0.1, 0.15) is 0 Å². The van der Waals surface area contributed by atoms with E-state index in [1.165, 1.54) is 57.8 Å². The van der Waals surface area contributed by atoms with Crippen LogP contribution < -0.4 is 11.1 Å². The molecule has 0 spiro atoms. The van der Waals surface area contributed by atoms with Crippen molar-refractivity contribution in [3.8, 4) is 0 Å². The van der Waals surface area contributed by atoms with Crippen molar-refractivity contribution in [3.63, 3.8) is 0 Å².